The molecule has 0 aliphatic carbocycles. The number of carboxylic acid groups (broad SMARTS) is 1. The first kappa shape index (κ1) is 28.5. The average Bonchev–Trinajstić information content (AvgIpc) is 3.01. The molecule has 0 radical (unpaired) electrons. The van der Waals surface area contributed by atoms with Crippen LogP contribution in [0.25, 0.3) is 0 Å². The highest BCUT2D eigenvalue weighted by Gasteiger charge is 2.38. The molecule has 8 nitrogen and oxygen atoms in total. The highest BCUT2D eigenvalue weighted by Crippen LogP contribution is 2.43. The summed E-state index contributed by atoms with van der Waals surface area (Å²) in [6, 6.07) is 25.3. The van der Waals surface area contributed by atoms with Gasteiger partial charge in [0.2, 0.25) is 0 Å². The first-order chi connectivity index (χ1) is 19.9. The van der Waals surface area contributed by atoms with Crippen molar-refractivity contribution < 1.29 is 29.3 Å². The van der Waals surface area contributed by atoms with E-state index in [0.29, 0.717) is 21.9 Å². The van der Waals surface area contributed by atoms with Crippen molar-refractivity contribution in [3.05, 3.63) is 125 Å². The third-order valence-electron chi connectivity index (χ3n) is 6.98. The smallest absolute Gasteiger partial charge is 0.336 e. The highest BCUT2D eigenvalue weighted by atomic mass is 32.2. The number of carbonyl (C=O) groups excluding carboxylic acids is 1. The van der Waals surface area contributed by atoms with Gasteiger partial charge in [0, 0.05) is 40.2 Å². The van der Waals surface area contributed by atoms with Gasteiger partial charge in [-0.15, -0.1) is 11.8 Å². The van der Waals surface area contributed by atoms with E-state index in [1.54, 1.807) is 42.6 Å². The zero-order valence-electron chi connectivity index (χ0n) is 22.3. The summed E-state index contributed by atoms with van der Waals surface area (Å²) in [6.07, 6.45) is 1.78. The quantitative estimate of drug-likeness (QED) is 0.206. The number of hydrogen-bond donors (Lipinski definition) is 3. The van der Waals surface area contributed by atoms with Crippen molar-refractivity contribution in [3.8, 4) is 0 Å². The summed E-state index contributed by atoms with van der Waals surface area (Å²) in [4.78, 5) is 29.1. The molecule has 3 aromatic carbocycles. The summed E-state index contributed by atoms with van der Waals surface area (Å²) in [7, 11) is 0. The van der Waals surface area contributed by atoms with Crippen LogP contribution < -0.4 is 5.32 Å². The van der Waals surface area contributed by atoms with Crippen LogP contribution in [0.2, 0.25) is 0 Å². The number of pyridine rings is 1. The summed E-state index contributed by atoms with van der Waals surface area (Å²) in [5.74, 6) is -0.806. The van der Waals surface area contributed by atoms with Gasteiger partial charge in [0.05, 0.1) is 29.9 Å². The van der Waals surface area contributed by atoms with E-state index >= 15 is 0 Å². The molecule has 4 aromatic rings. The molecule has 41 heavy (non-hydrogen) atoms. The van der Waals surface area contributed by atoms with E-state index in [1.165, 1.54) is 18.0 Å². The number of nitrogens with one attached hydrogen (secondary N) is 1. The molecule has 1 amide bonds. The molecule has 1 aliphatic heterocycles. The van der Waals surface area contributed by atoms with Crippen molar-refractivity contribution in [3.63, 3.8) is 0 Å². The molecule has 0 spiro atoms. The molecule has 1 aromatic heterocycles. The lowest BCUT2D eigenvalue weighted by molar-refractivity contribution is -0.268. The number of nitrogens with zero attached hydrogens (tertiary/aromatic N) is 1. The van der Waals surface area contributed by atoms with E-state index in [0.717, 1.165) is 16.7 Å². The Labute approximate surface area is 242 Å². The topological polar surface area (TPSA) is 118 Å². The lowest BCUT2D eigenvalue weighted by Crippen LogP contribution is -2.38. The lowest BCUT2D eigenvalue weighted by Gasteiger charge is -2.41. The highest BCUT2D eigenvalue weighted by molar-refractivity contribution is 7.99. The average molecular weight is 571 g/mol. The third kappa shape index (κ3) is 6.83. The molecule has 1 saturated heterocycles. The van der Waals surface area contributed by atoms with Crippen LogP contribution in [0, 0.1) is 5.92 Å². The van der Waals surface area contributed by atoms with Crippen LogP contribution in [0.5, 0.6) is 0 Å². The van der Waals surface area contributed by atoms with E-state index in [9.17, 15) is 19.8 Å². The predicted octanol–water partition coefficient (Wildman–Crippen LogP) is 6.11. The fourth-order valence-electron chi connectivity index (χ4n) is 4.71. The second-order valence-electron chi connectivity index (χ2n) is 9.76. The summed E-state index contributed by atoms with van der Waals surface area (Å²) in [5, 5.41) is 22.0. The fraction of sp³-hybridized carbons (Fsp3) is 0.219. The van der Waals surface area contributed by atoms with Crippen LogP contribution in [0.1, 0.15) is 56.7 Å². The predicted molar refractivity (Wildman–Crippen MR) is 156 cm³/mol. The van der Waals surface area contributed by atoms with Crippen molar-refractivity contribution in [1.82, 2.24) is 4.98 Å². The summed E-state index contributed by atoms with van der Waals surface area (Å²) >= 11 is 1.44. The van der Waals surface area contributed by atoms with Crippen LogP contribution >= 0.6 is 11.8 Å². The van der Waals surface area contributed by atoms with E-state index < -0.39 is 12.3 Å². The summed E-state index contributed by atoms with van der Waals surface area (Å²) in [6.45, 7) is 2.01. The van der Waals surface area contributed by atoms with Crippen LogP contribution in [-0.4, -0.2) is 38.9 Å². The number of benzene rings is 3. The first-order valence-corrected chi connectivity index (χ1v) is 14.2. The van der Waals surface area contributed by atoms with E-state index in [1.807, 2.05) is 48.5 Å². The molecule has 1 aliphatic rings. The van der Waals surface area contributed by atoms with E-state index in [-0.39, 0.29) is 36.2 Å². The molecule has 4 atom stereocenters. The molecular weight excluding hydrogens is 540 g/mol. The zero-order chi connectivity index (χ0) is 28.8. The molecular formula is C32H30N2O6S. The summed E-state index contributed by atoms with van der Waals surface area (Å²) < 4.78 is 13.0. The standard InChI is InChI=1S/C32H30N2O6S/c1-20-27(19-41-28-10-3-2-9-26(28)31(37)38)39-32(40-29(20)22-13-11-21(18-35)12-14-22)23-6-4-8-25(16-23)34-30(36)24-7-5-15-33-17-24/h2-17,20,27,29,32,35H,18-19H2,1H3,(H,34,36)(H,37,38)/t20-,27+,29+,32+/m0/s1. The number of ether oxygens (including phenoxy) is 2. The number of amides is 1. The Morgan fingerprint density at radius 3 is 2.49 bits per heavy atom. The number of rotatable bonds is 9. The normalized spacial score (nSPS) is 20.3. The molecule has 2 heterocycles. The number of thioether (sulfide) groups is 1. The molecule has 3 N–H and O–H groups in total. The van der Waals surface area contributed by atoms with E-state index in [2.05, 4.69) is 17.2 Å². The first-order valence-electron chi connectivity index (χ1n) is 13.2. The third-order valence-corrected chi connectivity index (χ3v) is 8.15. The van der Waals surface area contributed by atoms with Gasteiger partial charge in [-0.3, -0.25) is 9.78 Å². The minimum Gasteiger partial charge on any atom is -0.478 e. The SMILES string of the molecule is C[C@H]1[C@@H](CSc2ccccc2C(=O)O)O[C@@H](c2cccc(NC(=O)c3cccnc3)c2)O[C@H]1c1ccc(CO)cc1. The maximum atomic E-state index is 12.7. The Kier molecular flexibility index (Phi) is 9.11. The van der Waals surface area contributed by atoms with Gasteiger partial charge in [0.25, 0.3) is 5.91 Å². The molecule has 1 fully saturated rings. The molecule has 0 saturated carbocycles. The van der Waals surface area contributed by atoms with Crippen molar-refractivity contribution >= 4 is 29.3 Å². The van der Waals surface area contributed by atoms with Crippen LogP contribution in [0.4, 0.5) is 5.69 Å². The molecule has 0 bridgehead atoms. The van der Waals surface area contributed by atoms with Gasteiger partial charge in [-0.25, -0.2) is 4.79 Å². The molecule has 210 valence electrons. The van der Waals surface area contributed by atoms with Crippen molar-refractivity contribution in [2.75, 3.05) is 11.1 Å². The van der Waals surface area contributed by atoms with E-state index in [4.69, 9.17) is 9.47 Å². The minimum atomic E-state index is -0.973. The largest absolute Gasteiger partial charge is 0.478 e. The number of aliphatic hydroxyl groups excluding tert-OH is 1. The maximum Gasteiger partial charge on any atom is 0.336 e. The minimum absolute atomic E-state index is 0.0487. The number of carboxylic acids is 1. The fourth-order valence-corrected chi connectivity index (χ4v) is 5.93. The number of hydrogen-bond acceptors (Lipinski definition) is 7. The second kappa shape index (κ2) is 13.1. The number of aliphatic hydroxyl groups is 1. The van der Waals surface area contributed by atoms with Crippen molar-refractivity contribution in [2.45, 2.75) is 36.9 Å². The van der Waals surface area contributed by atoms with Gasteiger partial charge in [-0.2, -0.15) is 0 Å². The van der Waals surface area contributed by atoms with Crippen LogP contribution in [0.15, 0.2) is 102 Å². The Morgan fingerprint density at radius 1 is 0.951 bits per heavy atom. The molecule has 9 heteroatoms. The summed E-state index contributed by atoms with van der Waals surface area (Å²) in [5.41, 5.74) is 3.78. The van der Waals surface area contributed by atoms with Crippen molar-refractivity contribution in [1.29, 1.82) is 0 Å². The number of anilines is 1. The monoisotopic (exact) mass is 570 g/mol. The Morgan fingerprint density at radius 2 is 1.76 bits per heavy atom. The number of carbonyl (C=O) groups is 2. The van der Waals surface area contributed by atoms with Crippen molar-refractivity contribution in [2.24, 2.45) is 5.92 Å². The molecule has 5 rings (SSSR count). The maximum absolute atomic E-state index is 12.7. The second-order valence-corrected chi connectivity index (χ2v) is 10.8. The zero-order valence-corrected chi connectivity index (χ0v) is 23.2. The van der Waals surface area contributed by atoms with Gasteiger partial charge < -0.3 is 25.0 Å². The Hall–Kier alpha value is -4.02. The van der Waals surface area contributed by atoms with Gasteiger partial charge in [0.15, 0.2) is 6.29 Å². The van der Waals surface area contributed by atoms with Gasteiger partial charge in [0.1, 0.15) is 0 Å². The Balaban J connectivity index is 1.40. The number of aromatic carboxylic acids is 1. The van der Waals surface area contributed by atoms with Gasteiger partial charge in [-0.05, 0) is 47.5 Å². The lowest BCUT2D eigenvalue weighted by atomic mass is 9.91. The van der Waals surface area contributed by atoms with Gasteiger partial charge in [-0.1, -0.05) is 55.5 Å². The van der Waals surface area contributed by atoms with Crippen LogP contribution in [-0.2, 0) is 16.1 Å². The molecule has 0 unspecified atom stereocenters. The Bertz CT molecular complexity index is 1500. The number of aromatic nitrogens is 1. The van der Waals surface area contributed by atoms with Gasteiger partial charge >= 0.3 is 5.97 Å². The van der Waals surface area contributed by atoms with Crippen LogP contribution in [0.3, 0.4) is 0 Å².